The highest BCUT2D eigenvalue weighted by atomic mass is 16.3. The average Bonchev–Trinajstić information content (AvgIpc) is 2.40. The zero-order chi connectivity index (χ0) is 16.8. The van der Waals surface area contributed by atoms with E-state index in [0.717, 1.165) is 0 Å². The normalized spacial score (nSPS) is 14.0. The lowest BCUT2D eigenvalue weighted by molar-refractivity contribution is -0.131. The van der Waals surface area contributed by atoms with Gasteiger partial charge in [-0.1, -0.05) is 48.5 Å². The van der Waals surface area contributed by atoms with Crippen LogP contribution in [0.3, 0.4) is 0 Å². The maximum absolute atomic E-state index is 12.1. The Morgan fingerprint density at radius 3 is 2.05 bits per heavy atom. The van der Waals surface area contributed by atoms with Gasteiger partial charge in [0.25, 0.3) is 0 Å². The SMILES string of the molecule is CC(C)C(C)(C)C(=N)NCC(C)C(C)(C)C(=O)NCCO. The second kappa shape index (κ2) is 7.78. The van der Waals surface area contributed by atoms with Crippen molar-refractivity contribution in [3.05, 3.63) is 0 Å². The summed E-state index contributed by atoms with van der Waals surface area (Å²) in [5.74, 6) is 0.879. The highest BCUT2D eigenvalue weighted by molar-refractivity contribution is 5.85. The van der Waals surface area contributed by atoms with E-state index in [9.17, 15) is 4.79 Å². The number of carbonyl (C=O) groups is 1. The minimum absolute atomic E-state index is 0.0539. The Kier molecular flexibility index (Phi) is 7.37. The van der Waals surface area contributed by atoms with Crippen molar-refractivity contribution in [3.63, 3.8) is 0 Å². The first-order chi connectivity index (χ1) is 9.47. The van der Waals surface area contributed by atoms with Gasteiger partial charge < -0.3 is 15.7 Å². The van der Waals surface area contributed by atoms with Gasteiger partial charge in [0.05, 0.1) is 12.4 Å². The molecule has 0 bridgehead atoms. The molecule has 0 saturated carbocycles. The molecule has 0 aromatic rings. The van der Waals surface area contributed by atoms with Gasteiger partial charge in [-0.2, -0.15) is 0 Å². The standard InChI is InChI=1S/C16H33N3O2/c1-11(2)15(4,5)13(17)19-10-12(3)16(6,7)14(21)18-8-9-20/h11-12,20H,8-10H2,1-7H3,(H2,17,19)(H,18,21). The molecule has 0 aliphatic carbocycles. The largest absolute Gasteiger partial charge is 0.395 e. The van der Waals surface area contributed by atoms with Crippen LogP contribution in [0.5, 0.6) is 0 Å². The van der Waals surface area contributed by atoms with Crippen molar-refractivity contribution in [1.82, 2.24) is 10.6 Å². The summed E-state index contributed by atoms with van der Waals surface area (Å²) in [6, 6.07) is 0. The molecule has 1 unspecified atom stereocenters. The molecule has 0 heterocycles. The molecule has 0 fully saturated rings. The van der Waals surface area contributed by atoms with E-state index in [-0.39, 0.29) is 30.4 Å². The monoisotopic (exact) mass is 299 g/mol. The summed E-state index contributed by atoms with van der Waals surface area (Å²) in [6.45, 7) is 14.9. The summed E-state index contributed by atoms with van der Waals surface area (Å²) in [4.78, 5) is 12.1. The summed E-state index contributed by atoms with van der Waals surface area (Å²) in [5, 5.41) is 22.9. The van der Waals surface area contributed by atoms with E-state index in [1.165, 1.54) is 0 Å². The first-order valence-electron chi connectivity index (χ1n) is 7.70. The highest BCUT2D eigenvalue weighted by Gasteiger charge is 2.35. The molecule has 5 nitrogen and oxygen atoms in total. The van der Waals surface area contributed by atoms with E-state index in [1.807, 2.05) is 20.8 Å². The van der Waals surface area contributed by atoms with Crippen LogP contribution in [-0.4, -0.2) is 36.5 Å². The first kappa shape index (κ1) is 19.9. The van der Waals surface area contributed by atoms with Gasteiger partial charge in [0.2, 0.25) is 5.91 Å². The van der Waals surface area contributed by atoms with Crippen molar-refractivity contribution in [3.8, 4) is 0 Å². The number of amides is 1. The molecule has 0 saturated heterocycles. The van der Waals surface area contributed by atoms with Crippen LogP contribution in [0, 0.1) is 28.1 Å². The fourth-order valence-electron chi connectivity index (χ4n) is 1.65. The van der Waals surface area contributed by atoms with Crippen LogP contribution in [0.25, 0.3) is 0 Å². The van der Waals surface area contributed by atoms with Gasteiger partial charge in [-0.05, 0) is 11.8 Å². The van der Waals surface area contributed by atoms with E-state index in [2.05, 4.69) is 38.3 Å². The molecular weight excluding hydrogens is 266 g/mol. The summed E-state index contributed by atoms with van der Waals surface area (Å²) in [5.41, 5.74) is -0.757. The fraction of sp³-hybridized carbons (Fsp3) is 0.875. The fourth-order valence-corrected chi connectivity index (χ4v) is 1.65. The quantitative estimate of drug-likeness (QED) is 0.408. The number of aliphatic hydroxyl groups excluding tert-OH is 1. The predicted molar refractivity (Wildman–Crippen MR) is 87.4 cm³/mol. The Bertz CT molecular complexity index is 363. The van der Waals surface area contributed by atoms with Gasteiger partial charge >= 0.3 is 0 Å². The van der Waals surface area contributed by atoms with E-state index in [1.54, 1.807) is 0 Å². The minimum atomic E-state index is -0.551. The summed E-state index contributed by atoms with van der Waals surface area (Å²) in [6.07, 6.45) is 0. The van der Waals surface area contributed by atoms with Crippen molar-refractivity contribution in [1.29, 1.82) is 5.41 Å². The van der Waals surface area contributed by atoms with Crippen molar-refractivity contribution < 1.29 is 9.90 Å². The van der Waals surface area contributed by atoms with Crippen LogP contribution < -0.4 is 10.6 Å². The third-order valence-electron chi connectivity index (χ3n) is 4.89. The van der Waals surface area contributed by atoms with Crippen LogP contribution in [0.2, 0.25) is 0 Å². The lowest BCUT2D eigenvalue weighted by atomic mass is 9.77. The molecular formula is C16H33N3O2. The van der Waals surface area contributed by atoms with Crippen molar-refractivity contribution in [2.45, 2.75) is 48.5 Å². The van der Waals surface area contributed by atoms with Gasteiger partial charge in [0, 0.05) is 23.9 Å². The number of hydrogen-bond donors (Lipinski definition) is 4. The minimum Gasteiger partial charge on any atom is -0.395 e. The Labute approximate surface area is 129 Å². The number of carbonyl (C=O) groups excluding carboxylic acids is 1. The van der Waals surface area contributed by atoms with Gasteiger partial charge in [0.1, 0.15) is 0 Å². The van der Waals surface area contributed by atoms with Crippen LogP contribution in [0.15, 0.2) is 0 Å². The average molecular weight is 299 g/mol. The molecule has 0 aliphatic rings. The van der Waals surface area contributed by atoms with Gasteiger partial charge in [-0.25, -0.2) is 0 Å². The molecule has 0 aliphatic heterocycles. The van der Waals surface area contributed by atoms with Gasteiger partial charge in [0.15, 0.2) is 0 Å². The molecule has 0 aromatic carbocycles. The second-order valence-corrected chi connectivity index (χ2v) is 7.23. The maximum atomic E-state index is 12.1. The number of aliphatic hydroxyl groups is 1. The van der Waals surface area contributed by atoms with E-state index < -0.39 is 5.41 Å². The molecule has 0 rings (SSSR count). The summed E-state index contributed by atoms with van der Waals surface area (Å²) >= 11 is 0. The van der Waals surface area contributed by atoms with Crippen molar-refractivity contribution >= 4 is 11.7 Å². The highest BCUT2D eigenvalue weighted by Crippen LogP contribution is 2.28. The molecule has 0 aromatic heterocycles. The number of rotatable bonds is 8. The molecule has 124 valence electrons. The summed E-state index contributed by atoms with van der Waals surface area (Å²) < 4.78 is 0. The third kappa shape index (κ3) is 5.30. The van der Waals surface area contributed by atoms with Gasteiger partial charge in [-0.15, -0.1) is 0 Å². The van der Waals surface area contributed by atoms with E-state index in [4.69, 9.17) is 10.5 Å². The van der Waals surface area contributed by atoms with E-state index >= 15 is 0 Å². The molecule has 21 heavy (non-hydrogen) atoms. The number of hydrogen-bond acceptors (Lipinski definition) is 3. The van der Waals surface area contributed by atoms with Crippen molar-refractivity contribution in [2.75, 3.05) is 19.7 Å². The zero-order valence-corrected chi connectivity index (χ0v) is 14.6. The summed E-state index contributed by atoms with van der Waals surface area (Å²) in [7, 11) is 0. The Balaban J connectivity index is 4.58. The van der Waals surface area contributed by atoms with Crippen LogP contribution in [0.4, 0.5) is 0 Å². The van der Waals surface area contributed by atoms with Crippen LogP contribution in [0.1, 0.15) is 48.5 Å². The zero-order valence-electron chi connectivity index (χ0n) is 14.6. The molecule has 1 amide bonds. The Morgan fingerprint density at radius 2 is 1.62 bits per heavy atom. The topological polar surface area (TPSA) is 85.2 Å². The van der Waals surface area contributed by atoms with Crippen molar-refractivity contribution in [2.24, 2.45) is 22.7 Å². The molecule has 0 spiro atoms. The molecule has 1 atom stereocenters. The predicted octanol–water partition coefficient (Wildman–Crippen LogP) is 2.01. The maximum Gasteiger partial charge on any atom is 0.226 e. The lowest BCUT2D eigenvalue weighted by Gasteiger charge is -2.34. The molecule has 0 radical (unpaired) electrons. The number of amidine groups is 1. The number of nitrogens with one attached hydrogen (secondary N) is 3. The van der Waals surface area contributed by atoms with Crippen LogP contribution in [-0.2, 0) is 4.79 Å². The molecule has 5 heteroatoms. The Hall–Kier alpha value is -1.10. The third-order valence-corrected chi connectivity index (χ3v) is 4.89. The smallest absolute Gasteiger partial charge is 0.226 e. The Morgan fingerprint density at radius 1 is 1.10 bits per heavy atom. The second-order valence-electron chi connectivity index (χ2n) is 7.23. The molecule has 4 N–H and O–H groups in total. The van der Waals surface area contributed by atoms with Crippen LogP contribution >= 0.6 is 0 Å². The van der Waals surface area contributed by atoms with E-state index in [0.29, 0.717) is 18.3 Å². The van der Waals surface area contributed by atoms with Gasteiger partial charge in [-0.3, -0.25) is 10.2 Å². The first-order valence-corrected chi connectivity index (χ1v) is 7.70. The lowest BCUT2D eigenvalue weighted by Crippen LogP contribution is -2.47.